The van der Waals surface area contributed by atoms with Gasteiger partial charge in [0.25, 0.3) is 0 Å². The molecule has 1 aromatic rings. The van der Waals surface area contributed by atoms with E-state index >= 15 is 0 Å². The normalized spacial score (nSPS) is 13.5. The number of ketones is 1. The van der Waals surface area contributed by atoms with Gasteiger partial charge in [0, 0.05) is 38.5 Å². The van der Waals surface area contributed by atoms with Crippen LogP contribution in [0.15, 0.2) is 18.2 Å². The van der Waals surface area contributed by atoms with Crippen LogP contribution in [-0.4, -0.2) is 43.8 Å². The summed E-state index contributed by atoms with van der Waals surface area (Å²) >= 11 is 0. The van der Waals surface area contributed by atoms with Crippen molar-refractivity contribution < 1.29 is 9.59 Å². The third-order valence-electron chi connectivity index (χ3n) is 4.36. The molecule has 4 nitrogen and oxygen atoms in total. The predicted molar refractivity (Wildman–Crippen MR) is 88.2 cm³/mol. The van der Waals surface area contributed by atoms with Gasteiger partial charge >= 0.3 is 0 Å². The number of nitrogens with one attached hydrogen (secondary N) is 1. The molecule has 4 heteroatoms. The summed E-state index contributed by atoms with van der Waals surface area (Å²) in [7, 11) is 3.64. The van der Waals surface area contributed by atoms with Gasteiger partial charge in [-0.15, -0.1) is 0 Å². The zero-order valence-corrected chi connectivity index (χ0v) is 13.7. The standard InChI is InChI=1S/C18H26N2O2/c1-19-11-12-20(2)18(22)10-9-17(21)16-8-7-14-5-3-4-6-15(14)13-16/h7-8,13,19H,3-6,9-12H2,1-2H3. The van der Waals surface area contributed by atoms with Crippen molar-refractivity contribution in [1.82, 2.24) is 10.2 Å². The molecule has 0 heterocycles. The maximum Gasteiger partial charge on any atom is 0.222 e. The van der Waals surface area contributed by atoms with Gasteiger partial charge in [0.2, 0.25) is 5.91 Å². The molecule has 0 bridgehead atoms. The van der Waals surface area contributed by atoms with Crippen molar-refractivity contribution in [2.45, 2.75) is 38.5 Å². The lowest BCUT2D eigenvalue weighted by Gasteiger charge is -2.17. The van der Waals surface area contributed by atoms with Gasteiger partial charge < -0.3 is 10.2 Å². The summed E-state index contributed by atoms with van der Waals surface area (Å²) in [5.74, 6) is 0.102. The number of carbonyl (C=O) groups excluding carboxylic acids is 2. The minimum atomic E-state index is 0.0292. The molecule has 0 fully saturated rings. The van der Waals surface area contributed by atoms with Crippen LogP contribution in [0.25, 0.3) is 0 Å². The molecule has 0 atom stereocenters. The van der Waals surface area contributed by atoms with E-state index in [0.29, 0.717) is 13.0 Å². The number of hydrogen-bond acceptors (Lipinski definition) is 3. The van der Waals surface area contributed by atoms with Crippen LogP contribution in [0.2, 0.25) is 0 Å². The van der Waals surface area contributed by atoms with Crippen LogP contribution < -0.4 is 5.32 Å². The van der Waals surface area contributed by atoms with Crippen LogP contribution in [0.5, 0.6) is 0 Å². The monoisotopic (exact) mass is 302 g/mol. The maximum atomic E-state index is 12.3. The van der Waals surface area contributed by atoms with Crippen molar-refractivity contribution in [1.29, 1.82) is 0 Å². The number of rotatable bonds is 7. The van der Waals surface area contributed by atoms with Gasteiger partial charge in [-0.2, -0.15) is 0 Å². The number of amides is 1. The second kappa shape index (κ2) is 8.08. The number of carbonyl (C=O) groups is 2. The number of likely N-dealkylation sites (N-methyl/N-ethyl adjacent to an activating group) is 2. The molecule has 1 aliphatic rings. The van der Waals surface area contributed by atoms with Crippen LogP contribution >= 0.6 is 0 Å². The largest absolute Gasteiger partial charge is 0.344 e. The fraction of sp³-hybridized carbons (Fsp3) is 0.556. The topological polar surface area (TPSA) is 49.4 Å². The molecule has 22 heavy (non-hydrogen) atoms. The summed E-state index contributed by atoms with van der Waals surface area (Å²) in [6.45, 7) is 1.43. The van der Waals surface area contributed by atoms with Crippen molar-refractivity contribution >= 4 is 11.7 Å². The van der Waals surface area contributed by atoms with Gasteiger partial charge in [-0.05, 0) is 49.9 Å². The smallest absolute Gasteiger partial charge is 0.222 e. The summed E-state index contributed by atoms with van der Waals surface area (Å²) in [5, 5.41) is 3.01. The van der Waals surface area contributed by atoms with E-state index in [2.05, 4.69) is 11.4 Å². The first-order valence-electron chi connectivity index (χ1n) is 8.15. The molecule has 1 amide bonds. The molecule has 1 aliphatic carbocycles. The van der Waals surface area contributed by atoms with E-state index in [4.69, 9.17) is 0 Å². The third-order valence-corrected chi connectivity index (χ3v) is 4.36. The van der Waals surface area contributed by atoms with Crippen LogP contribution in [0.4, 0.5) is 0 Å². The van der Waals surface area contributed by atoms with Gasteiger partial charge in [0.15, 0.2) is 5.78 Å². The Morgan fingerprint density at radius 3 is 2.59 bits per heavy atom. The van der Waals surface area contributed by atoms with E-state index < -0.39 is 0 Å². The van der Waals surface area contributed by atoms with E-state index in [9.17, 15) is 9.59 Å². The molecule has 0 radical (unpaired) electrons. The van der Waals surface area contributed by atoms with E-state index in [0.717, 1.165) is 24.9 Å². The fourth-order valence-corrected chi connectivity index (χ4v) is 2.87. The quantitative estimate of drug-likeness (QED) is 0.786. The summed E-state index contributed by atoms with van der Waals surface area (Å²) in [5.41, 5.74) is 3.45. The molecule has 1 N–H and O–H groups in total. The second-order valence-electron chi connectivity index (χ2n) is 6.03. The summed E-state index contributed by atoms with van der Waals surface area (Å²) in [6.07, 6.45) is 5.23. The molecule has 1 aromatic carbocycles. The molecule has 0 spiro atoms. The fourth-order valence-electron chi connectivity index (χ4n) is 2.87. The molecular formula is C18H26N2O2. The Kier molecular flexibility index (Phi) is 6.13. The van der Waals surface area contributed by atoms with Gasteiger partial charge in [0.05, 0.1) is 0 Å². The first kappa shape index (κ1) is 16.7. The predicted octanol–water partition coefficient (Wildman–Crippen LogP) is 2.21. The van der Waals surface area contributed by atoms with Crippen molar-refractivity contribution in [2.75, 3.05) is 27.2 Å². The lowest BCUT2D eigenvalue weighted by atomic mass is 9.89. The molecule has 0 aromatic heterocycles. The summed E-state index contributed by atoms with van der Waals surface area (Å²) in [4.78, 5) is 25.9. The van der Waals surface area contributed by atoms with Crippen LogP contribution in [0.1, 0.15) is 47.2 Å². The second-order valence-corrected chi connectivity index (χ2v) is 6.03. The van der Waals surface area contributed by atoms with E-state index in [1.54, 1.807) is 11.9 Å². The number of hydrogen-bond donors (Lipinski definition) is 1. The van der Waals surface area contributed by atoms with E-state index in [1.807, 2.05) is 19.2 Å². The minimum absolute atomic E-state index is 0.0292. The third kappa shape index (κ3) is 4.41. The molecular weight excluding hydrogens is 276 g/mol. The highest BCUT2D eigenvalue weighted by atomic mass is 16.2. The lowest BCUT2D eigenvalue weighted by molar-refractivity contribution is -0.129. The van der Waals surface area contributed by atoms with Gasteiger partial charge in [-0.1, -0.05) is 12.1 Å². The number of nitrogens with zero attached hydrogens (tertiary/aromatic N) is 1. The summed E-state index contributed by atoms with van der Waals surface area (Å²) in [6, 6.07) is 6.04. The number of benzene rings is 1. The number of Topliss-reactive ketones (excluding diaryl/α,β-unsaturated/α-hetero) is 1. The minimum Gasteiger partial charge on any atom is -0.344 e. The van der Waals surface area contributed by atoms with Gasteiger partial charge in [0.1, 0.15) is 0 Å². The zero-order chi connectivity index (χ0) is 15.9. The molecule has 2 rings (SSSR count). The van der Waals surface area contributed by atoms with Crippen LogP contribution in [0, 0.1) is 0 Å². The molecule has 0 unspecified atom stereocenters. The number of fused-ring (bicyclic) bond motifs is 1. The SMILES string of the molecule is CNCCN(C)C(=O)CCC(=O)c1ccc2c(c1)CCCC2. The molecule has 0 saturated heterocycles. The Morgan fingerprint density at radius 2 is 1.86 bits per heavy atom. The van der Waals surface area contributed by atoms with Crippen molar-refractivity contribution in [3.8, 4) is 0 Å². The average molecular weight is 302 g/mol. The average Bonchev–Trinajstić information content (AvgIpc) is 2.56. The maximum absolute atomic E-state index is 12.3. The Labute approximate surface area is 132 Å². The highest BCUT2D eigenvalue weighted by molar-refractivity contribution is 5.98. The first-order chi connectivity index (χ1) is 10.6. The Morgan fingerprint density at radius 1 is 1.14 bits per heavy atom. The first-order valence-corrected chi connectivity index (χ1v) is 8.15. The summed E-state index contributed by atoms with van der Waals surface area (Å²) < 4.78 is 0. The van der Waals surface area contributed by atoms with Gasteiger partial charge in [-0.3, -0.25) is 9.59 Å². The molecule has 0 saturated carbocycles. The van der Waals surface area contributed by atoms with E-state index in [1.165, 1.54) is 24.0 Å². The number of aryl methyl sites for hydroxylation is 2. The Bertz CT molecular complexity index is 540. The van der Waals surface area contributed by atoms with Crippen molar-refractivity contribution in [3.05, 3.63) is 34.9 Å². The highest BCUT2D eigenvalue weighted by Crippen LogP contribution is 2.23. The highest BCUT2D eigenvalue weighted by Gasteiger charge is 2.15. The van der Waals surface area contributed by atoms with Crippen LogP contribution in [0.3, 0.4) is 0 Å². The Hall–Kier alpha value is -1.68. The van der Waals surface area contributed by atoms with Crippen LogP contribution in [-0.2, 0) is 17.6 Å². The Balaban J connectivity index is 1.88. The van der Waals surface area contributed by atoms with Gasteiger partial charge in [-0.25, -0.2) is 0 Å². The lowest BCUT2D eigenvalue weighted by Crippen LogP contribution is -2.32. The van der Waals surface area contributed by atoms with Crippen molar-refractivity contribution in [2.24, 2.45) is 0 Å². The molecule has 120 valence electrons. The molecule has 0 aliphatic heterocycles. The van der Waals surface area contributed by atoms with E-state index in [-0.39, 0.29) is 18.1 Å². The van der Waals surface area contributed by atoms with Crippen molar-refractivity contribution in [3.63, 3.8) is 0 Å². The zero-order valence-electron chi connectivity index (χ0n) is 13.7.